The van der Waals surface area contributed by atoms with Crippen molar-refractivity contribution in [2.75, 3.05) is 0 Å². The Kier molecular flexibility index (Phi) is 6.31. The number of nitrogens with zero attached hydrogens (tertiary/aromatic N) is 1. The van der Waals surface area contributed by atoms with E-state index < -0.39 is 0 Å². The summed E-state index contributed by atoms with van der Waals surface area (Å²) in [6.45, 7) is 0. The zero-order chi connectivity index (χ0) is 30.6. The molecule has 0 fully saturated rings. The molecule has 46 heavy (non-hydrogen) atoms. The summed E-state index contributed by atoms with van der Waals surface area (Å²) < 4.78 is 5.18. The highest BCUT2D eigenvalue weighted by Crippen LogP contribution is 2.44. The van der Waals surface area contributed by atoms with E-state index in [-0.39, 0.29) is 0 Å². The van der Waals surface area contributed by atoms with Crippen molar-refractivity contribution in [3.8, 4) is 50.6 Å². The molecule has 214 valence electrons. The zero-order valence-corrected chi connectivity index (χ0v) is 26.3. The number of hydrogen-bond donors (Lipinski definition) is 0. The third kappa shape index (κ3) is 4.43. The zero-order valence-electron chi connectivity index (χ0n) is 24.7. The van der Waals surface area contributed by atoms with Gasteiger partial charge in [-0.2, -0.15) is 5.26 Å². The van der Waals surface area contributed by atoms with Crippen LogP contribution in [0.5, 0.6) is 0 Å². The van der Waals surface area contributed by atoms with Crippen LogP contribution in [-0.2, 0) is 0 Å². The smallest absolute Gasteiger partial charge is 0.0992 e. The Morgan fingerprint density at radius 3 is 1.87 bits per heavy atom. The fourth-order valence-corrected chi connectivity index (χ4v) is 8.97. The molecule has 0 aliphatic carbocycles. The average molecular weight is 620 g/mol. The van der Waals surface area contributed by atoms with Gasteiger partial charge in [-0.1, -0.05) is 97.1 Å². The van der Waals surface area contributed by atoms with E-state index in [1.807, 2.05) is 53.0 Å². The molecular formula is C43H25NS2. The van der Waals surface area contributed by atoms with Gasteiger partial charge in [-0.25, -0.2) is 0 Å². The summed E-state index contributed by atoms with van der Waals surface area (Å²) in [7, 11) is 0. The minimum Gasteiger partial charge on any atom is -0.192 e. The lowest BCUT2D eigenvalue weighted by Gasteiger charge is -2.16. The average Bonchev–Trinajstić information content (AvgIpc) is 3.69. The first-order valence-electron chi connectivity index (χ1n) is 15.3. The predicted octanol–water partition coefficient (Wildman–Crippen LogP) is 13.0. The van der Waals surface area contributed by atoms with E-state index in [1.165, 1.54) is 57.0 Å². The molecule has 0 amide bonds. The Hall–Kier alpha value is -5.53. The normalized spacial score (nSPS) is 11.5. The maximum absolute atomic E-state index is 10.1. The molecule has 0 saturated carbocycles. The second-order valence-electron chi connectivity index (χ2n) is 11.6. The summed E-state index contributed by atoms with van der Waals surface area (Å²) in [6, 6.07) is 56.7. The number of thiophene rings is 2. The lowest BCUT2D eigenvalue weighted by molar-refractivity contribution is 1.48. The van der Waals surface area contributed by atoms with Gasteiger partial charge in [-0.05, 0) is 99.1 Å². The van der Waals surface area contributed by atoms with Gasteiger partial charge in [-0.3, -0.25) is 0 Å². The molecule has 0 atom stereocenters. The fourth-order valence-electron chi connectivity index (χ4n) is 6.76. The van der Waals surface area contributed by atoms with Crippen LogP contribution in [-0.4, -0.2) is 0 Å². The summed E-state index contributed by atoms with van der Waals surface area (Å²) in [4.78, 5) is 0. The highest BCUT2D eigenvalue weighted by Gasteiger charge is 2.17. The largest absolute Gasteiger partial charge is 0.192 e. The van der Waals surface area contributed by atoms with Crippen LogP contribution >= 0.6 is 22.7 Å². The van der Waals surface area contributed by atoms with Crippen LogP contribution in [0.1, 0.15) is 5.56 Å². The van der Waals surface area contributed by atoms with E-state index in [0.717, 1.165) is 27.8 Å². The summed E-state index contributed by atoms with van der Waals surface area (Å²) in [6.07, 6.45) is 0. The summed E-state index contributed by atoms with van der Waals surface area (Å²) >= 11 is 3.68. The van der Waals surface area contributed by atoms with Crippen LogP contribution in [0.4, 0.5) is 0 Å². The van der Waals surface area contributed by atoms with Gasteiger partial charge in [0.25, 0.3) is 0 Å². The lowest BCUT2D eigenvalue weighted by atomic mass is 9.88. The van der Waals surface area contributed by atoms with E-state index in [9.17, 15) is 5.26 Å². The minimum atomic E-state index is 0.651. The third-order valence-corrected chi connectivity index (χ3v) is 11.2. The SMILES string of the molecule is N#Cc1cc(-c2ccccc2)cc(-c2cc(-c3cccc4sc5ccccc5c34)ccc2-c2ccc3sc4ccccc4c3c2)c1. The van der Waals surface area contributed by atoms with Gasteiger partial charge in [0, 0.05) is 40.3 Å². The molecule has 2 aromatic heterocycles. The maximum atomic E-state index is 10.1. The highest BCUT2D eigenvalue weighted by atomic mass is 32.1. The van der Waals surface area contributed by atoms with Gasteiger partial charge >= 0.3 is 0 Å². The molecule has 0 spiro atoms. The Morgan fingerprint density at radius 2 is 1.02 bits per heavy atom. The summed E-state index contributed by atoms with van der Waals surface area (Å²) in [5, 5.41) is 15.3. The predicted molar refractivity (Wildman–Crippen MR) is 199 cm³/mol. The van der Waals surface area contributed by atoms with Crippen LogP contribution in [0.15, 0.2) is 152 Å². The van der Waals surface area contributed by atoms with Crippen LogP contribution in [0, 0.1) is 11.3 Å². The van der Waals surface area contributed by atoms with Crippen molar-refractivity contribution >= 4 is 63.0 Å². The van der Waals surface area contributed by atoms with E-state index in [2.05, 4.69) is 127 Å². The summed E-state index contributed by atoms with van der Waals surface area (Å²) in [5.41, 5.74) is 9.64. The van der Waals surface area contributed by atoms with Crippen LogP contribution in [0.25, 0.3) is 84.9 Å². The van der Waals surface area contributed by atoms with Crippen molar-refractivity contribution in [3.05, 3.63) is 157 Å². The third-order valence-electron chi connectivity index (χ3n) is 8.90. The fraction of sp³-hybridized carbons (Fsp3) is 0. The molecule has 0 bridgehead atoms. The Morgan fingerprint density at radius 1 is 0.370 bits per heavy atom. The Labute approximate surface area is 274 Å². The van der Waals surface area contributed by atoms with Crippen molar-refractivity contribution in [2.45, 2.75) is 0 Å². The molecule has 0 aliphatic rings. The molecule has 0 unspecified atom stereocenters. The van der Waals surface area contributed by atoms with Crippen molar-refractivity contribution in [1.29, 1.82) is 5.26 Å². The first-order chi connectivity index (χ1) is 22.7. The van der Waals surface area contributed by atoms with Crippen LogP contribution < -0.4 is 0 Å². The topological polar surface area (TPSA) is 23.8 Å². The molecular weight excluding hydrogens is 595 g/mol. The molecule has 9 rings (SSSR count). The number of hydrogen-bond acceptors (Lipinski definition) is 3. The standard InChI is InChI=1S/C43H25NS2/c44-26-27-21-31(28-9-2-1-3-10-28)23-32(22-27)37-24-30(34-13-8-16-42-43(34)36-12-5-7-15-40(36)46-42)17-19-33(37)29-18-20-41-38(25-29)35-11-4-6-14-39(35)45-41/h1-25H. The second-order valence-corrected chi connectivity index (χ2v) is 13.8. The van der Waals surface area contributed by atoms with Crippen molar-refractivity contribution in [2.24, 2.45) is 0 Å². The number of benzene rings is 7. The molecule has 1 nitrogen and oxygen atoms in total. The van der Waals surface area contributed by atoms with Gasteiger partial charge in [0.05, 0.1) is 11.6 Å². The molecule has 3 heteroatoms. The first kappa shape index (κ1) is 26.8. The van der Waals surface area contributed by atoms with Gasteiger partial charge in [0.15, 0.2) is 0 Å². The molecule has 0 radical (unpaired) electrons. The summed E-state index contributed by atoms with van der Waals surface area (Å²) in [5.74, 6) is 0. The van der Waals surface area contributed by atoms with Gasteiger partial charge in [-0.15, -0.1) is 22.7 Å². The number of nitriles is 1. The van der Waals surface area contributed by atoms with E-state index >= 15 is 0 Å². The molecule has 0 N–H and O–H groups in total. The van der Waals surface area contributed by atoms with Crippen molar-refractivity contribution in [3.63, 3.8) is 0 Å². The van der Waals surface area contributed by atoms with Crippen molar-refractivity contribution < 1.29 is 0 Å². The van der Waals surface area contributed by atoms with Gasteiger partial charge in [0.2, 0.25) is 0 Å². The highest BCUT2D eigenvalue weighted by molar-refractivity contribution is 7.26. The monoisotopic (exact) mass is 619 g/mol. The molecule has 0 saturated heterocycles. The first-order valence-corrected chi connectivity index (χ1v) is 16.9. The molecule has 2 heterocycles. The Balaban J connectivity index is 1.32. The van der Waals surface area contributed by atoms with E-state index in [0.29, 0.717) is 5.56 Å². The molecule has 7 aromatic carbocycles. The maximum Gasteiger partial charge on any atom is 0.0992 e. The van der Waals surface area contributed by atoms with E-state index in [4.69, 9.17) is 0 Å². The van der Waals surface area contributed by atoms with Gasteiger partial charge in [0.1, 0.15) is 0 Å². The van der Waals surface area contributed by atoms with Crippen LogP contribution in [0.2, 0.25) is 0 Å². The number of fused-ring (bicyclic) bond motifs is 6. The Bertz CT molecular complexity index is 2650. The molecule has 9 aromatic rings. The number of rotatable bonds is 4. The molecule has 0 aliphatic heterocycles. The second kappa shape index (κ2) is 10.8. The van der Waals surface area contributed by atoms with E-state index in [1.54, 1.807) is 0 Å². The van der Waals surface area contributed by atoms with Gasteiger partial charge < -0.3 is 0 Å². The van der Waals surface area contributed by atoms with Crippen LogP contribution in [0.3, 0.4) is 0 Å². The van der Waals surface area contributed by atoms with Crippen molar-refractivity contribution in [1.82, 2.24) is 0 Å². The quantitative estimate of drug-likeness (QED) is 0.192. The minimum absolute atomic E-state index is 0.651. The lowest BCUT2D eigenvalue weighted by Crippen LogP contribution is -1.91.